The highest BCUT2D eigenvalue weighted by atomic mass is 79.9. The Kier molecular flexibility index (Phi) is 2.05. The van der Waals surface area contributed by atoms with Crippen molar-refractivity contribution < 1.29 is 2.97 Å². The Balaban J connectivity index is 0.000000561. The van der Waals surface area contributed by atoms with Crippen LogP contribution in [-0.2, 0) is 0 Å². The van der Waals surface area contributed by atoms with Gasteiger partial charge >= 0.3 is 0 Å². The van der Waals surface area contributed by atoms with E-state index in [1.807, 2.05) is 6.07 Å². The highest BCUT2D eigenvalue weighted by Crippen LogP contribution is 2.18. The van der Waals surface area contributed by atoms with Crippen molar-refractivity contribution >= 4 is 15.9 Å². The van der Waals surface area contributed by atoms with Crippen molar-refractivity contribution in [3.63, 3.8) is 0 Å². The molecule has 0 radical (unpaired) electrons. The fourth-order valence-corrected chi connectivity index (χ4v) is 1.28. The number of rotatable bonds is 1. The first kappa shape index (κ1) is 6.41. The maximum absolute atomic E-state index is 5.00. The van der Waals surface area contributed by atoms with E-state index >= 15 is 0 Å². The zero-order valence-corrected chi connectivity index (χ0v) is 7.85. The summed E-state index contributed by atoms with van der Waals surface area (Å²) in [6, 6.07) is 8.42. The predicted octanol–water partition coefficient (Wildman–Crippen LogP) is 3.82. The van der Waals surface area contributed by atoms with Gasteiger partial charge in [0.25, 0.3) is 0 Å². The van der Waals surface area contributed by atoms with Gasteiger partial charge in [-0.2, -0.15) is 0 Å². The van der Waals surface area contributed by atoms with Crippen molar-refractivity contribution in [1.29, 1.82) is 0 Å². The van der Waals surface area contributed by atoms with Crippen molar-refractivity contribution in [2.24, 2.45) is 0 Å². The molecule has 0 bridgehead atoms. The van der Waals surface area contributed by atoms with Gasteiger partial charge in [0.15, 0.2) is 0 Å². The lowest BCUT2D eigenvalue weighted by atomic mass is 10.0. The smallest absolute Gasteiger partial charge is 0.0178 e. The minimum absolute atomic E-state index is 0.623. The third-order valence-corrected chi connectivity index (χ3v) is 2.01. The van der Waals surface area contributed by atoms with Crippen molar-refractivity contribution in [3.8, 4) is 0 Å². The van der Waals surface area contributed by atoms with E-state index in [-0.39, 0.29) is 0 Å². The Morgan fingerprint density at radius 3 is 2.60 bits per heavy atom. The van der Waals surface area contributed by atoms with E-state index in [1.165, 1.54) is 10.0 Å². The predicted molar refractivity (Wildman–Crippen MR) is 50.3 cm³/mol. The molecule has 0 amide bonds. The molecule has 0 unspecified atom stereocenters. The van der Waals surface area contributed by atoms with E-state index in [0.717, 1.165) is 0 Å². The first-order valence-corrected chi connectivity index (χ1v) is 4.25. The molecule has 0 saturated heterocycles. The Morgan fingerprint density at radius 2 is 2.20 bits per heavy atom. The summed E-state index contributed by atoms with van der Waals surface area (Å²) in [5.74, 6) is 0.623. The summed E-state index contributed by atoms with van der Waals surface area (Å²) in [6.07, 6.45) is 0. The summed E-state index contributed by atoms with van der Waals surface area (Å²) in [7, 11) is 0. The maximum atomic E-state index is 5.00. The lowest BCUT2D eigenvalue weighted by Crippen LogP contribution is -1.84. The zero-order valence-electron chi connectivity index (χ0n) is 8.26. The van der Waals surface area contributed by atoms with Gasteiger partial charge in [-0.3, -0.25) is 0 Å². The second-order valence-electron chi connectivity index (χ2n) is 2.71. The third-order valence-electron chi connectivity index (χ3n) is 1.52. The summed E-state index contributed by atoms with van der Waals surface area (Å²) < 4.78 is 11.2. The Hall–Kier alpha value is -0.300. The lowest BCUT2D eigenvalue weighted by Gasteiger charge is -2.03. The second kappa shape index (κ2) is 3.20. The van der Waals surface area contributed by atoms with E-state index in [0.29, 0.717) is 5.92 Å². The summed E-state index contributed by atoms with van der Waals surface area (Å²) in [5, 5.41) is 0. The first-order valence-electron chi connectivity index (χ1n) is 4.45. The van der Waals surface area contributed by atoms with E-state index in [1.54, 1.807) is 0 Å². The third kappa shape index (κ3) is 1.84. The standard InChI is InChI=1S/C9H11Br.H2/c1-7(2)8-4-3-5-9(10)6-8;/h3-7H,1-2H3;1H/i;1+1D. The first-order chi connectivity index (χ1) is 5.70. The van der Waals surface area contributed by atoms with E-state index in [2.05, 4.69) is 48.0 Å². The van der Waals surface area contributed by atoms with Gasteiger partial charge in [-0.05, 0) is 23.6 Å². The Morgan fingerprint density at radius 1 is 1.50 bits per heavy atom. The largest absolute Gasteiger partial charge is 0.0609 e. The molecule has 0 aliphatic rings. The van der Waals surface area contributed by atoms with Crippen LogP contribution >= 0.6 is 15.9 Å². The van der Waals surface area contributed by atoms with Crippen LogP contribution in [-0.4, -0.2) is 0 Å². The quantitative estimate of drug-likeness (QED) is 0.650. The van der Waals surface area contributed by atoms with Crippen LogP contribution in [0.2, 0.25) is 0 Å². The van der Waals surface area contributed by atoms with Gasteiger partial charge in [0, 0.05) is 7.44 Å². The summed E-state index contributed by atoms with van der Waals surface area (Å²) >= 11 is 3.43. The number of hydrogen-bond donors (Lipinski definition) is 0. The van der Waals surface area contributed by atoms with Gasteiger partial charge in [0.1, 0.15) is 0 Å². The molecule has 10 heavy (non-hydrogen) atoms. The molecule has 1 heteroatoms. The van der Waals surface area contributed by atoms with Gasteiger partial charge in [-0.15, -0.1) is 0 Å². The minimum Gasteiger partial charge on any atom is -0.0609 e. The molecule has 0 fully saturated rings. The van der Waals surface area contributed by atoms with E-state index < -0.39 is 0 Å². The minimum atomic E-state index is 0.623. The average Bonchev–Trinajstić information content (AvgIpc) is 2.08. The van der Waals surface area contributed by atoms with Gasteiger partial charge in [0.05, 0.1) is 0 Å². The fourth-order valence-electron chi connectivity index (χ4n) is 0.866. The molecule has 0 N–H and O–H groups in total. The maximum Gasteiger partial charge on any atom is 0.0178 e. The average molecular weight is 203 g/mol. The van der Waals surface area contributed by atoms with Crippen LogP contribution in [0.4, 0.5) is 0 Å². The van der Waals surface area contributed by atoms with Gasteiger partial charge in [0.2, 0.25) is 0 Å². The highest BCUT2D eigenvalue weighted by molar-refractivity contribution is 9.10. The van der Waals surface area contributed by atoms with Crippen LogP contribution in [0.15, 0.2) is 28.7 Å². The second-order valence-corrected chi connectivity index (χ2v) is 3.63. The lowest BCUT2D eigenvalue weighted by molar-refractivity contribution is 0.866. The molecule has 0 nitrogen and oxygen atoms in total. The molecule has 0 heterocycles. The Labute approximate surface area is 73.5 Å². The van der Waals surface area contributed by atoms with Crippen LogP contribution in [0, 0.1) is 0 Å². The molecular formula is C9H13Br. The molecule has 1 aromatic rings. The number of hydrogen-bond acceptors (Lipinski definition) is 0. The summed E-state index contributed by atoms with van der Waals surface area (Å²) in [6.45, 7) is 4.39. The SMILES string of the molecule is CC(C)c1cccc(Br)c1.[2H][2H]. The van der Waals surface area contributed by atoms with Crippen LogP contribution in [0.1, 0.15) is 28.3 Å². The molecule has 0 spiro atoms. The molecular weight excluding hydrogens is 188 g/mol. The van der Waals surface area contributed by atoms with Gasteiger partial charge < -0.3 is 0 Å². The van der Waals surface area contributed by atoms with Crippen LogP contribution in [0.3, 0.4) is 0 Å². The molecule has 56 valence electrons. The molecule has 0 aliphatic heterocycles. The van der Waals surface area contributed by atoms with Gasteiger partial charge in [-0.25, -0.2) is 0 Å². The van der Waals surface area contributed by atoms with Crippen molar-refractivity contribution in [3.05, 3.63) is 34.3 Å². The summed E-state index contributed by atoms with van der Waals surface area (Å²) in [4.78, 5) is 0. The topological polar surface area (TPSA) is 0 Å². The van der Waals surface area contributed by atoms with E-state index in [4.69, 9.17) is 2.97 Å². The van der Waals surface area contributed by atoms with Crippen molar-refractivity contribution in [1.82, 2.24) is 0 Å². The van der Waals surface area contributed by atoms with Crippen molar-refractivity contribution in [2.75, 3.05) is 0 Å². The Bertz CT molecular complexity index is 224. The molecule has 0 saturated carbocycles. The molecule has 0 aliphatic carbocycles. The zero-order chi connectivity index (χ0) is 9.56. The monoisotopic (exact) mass is 202 g/mol. The van der Waals surface area contributed by atoms with Crippen molar-refractivity contribution in [2.45, 2.75) is 19.8 Å². The molecule has 1 rings (SSSR count). The number of benzene rings is 1. The van der Waals surface area contributed by atoms with Gasteiger partial charge in [-0.1, -0.05) is 41.9 Å². The molecule has 1 aromatic carbocycles. The fraction of sp³-hybridized carbons (Fsp3) is 0.333. The molecule has 0 atom stereocenters. The highest BCUT2D eigenvalue weighted by Gasteiger charge is 1.96. The van der Waals surface area contributed by atoms with E-state index in [9.17, 15) is 0 Å². The van der Waals surface area contributed by atoms with Crippen LogP contribution < -0.4 is 0 Å². The summed E-state index contributed by atoms with van der Waals surface area (Å²) in [5.41, 5.74) is 1.38. The van der Waals surface area contributed by atoms with Crippen LogP contribution in [0.5, 0.6) is 0 Å². The normalized spacial score (nSPS) is 11.2. The number of halogens is 1. The molecule has 0 aromatic heterocycles. The van der Waals surface area contributed by atoms with Crippen LogP contribution in [0.25, 0.3) is 0 Å².